The molecule has 1 amide bonds. The molecule has 2 aromatic rings. The van der Waals surface area contributed by atoms with E-state index in [4.69, 9.17) is 9.47 Å². The van der Waals surface area contributed by atoms with Gasteiger partial charge in [-0.15, -0.1) is 0 Å². The Morgan fingerprint density at radius 1 is 1.25 bits per heavy atom. The predicted octanol–water partition coefficient (Wildman–Crippen LogP) is 2.13. The van der Waals surface area contributed by atoms with Crippen LogP contribution in [0.15, 0.2) is 53.6 Å². The first-order valence-electron chi connectivity index (χ1n) is 6.92. The van der Waals surface area contributed by atoms with Crippen LogP contribution in [0.5, 0.6) is 11.5 Å². The molecule has 1 N–H and O–H groups in total. The molecule has 0 unspecified atom stereocenters. The largest absolute Gasteiger partial charge is 0.497 e. The molecule has 0 radical (unpaired) electrons. The van der Waals surface area contributed by atoms with E-state index < -0.39 is 10.8 Å². The van der Waals surface area contributed by atoms with Crippen LogP contribution in [0.3, 0.4) is 0 Å². The minimum absolute atomic E-state index is 0.0943. The molecule has 0 aliphatic heterocycles. The summed E-state index contributed by atoms with van der Waals surface area (Å²) >= 11 is 0. The van der Waals surface area contributed by atoms with Crippen LogP contribution in [0.1, 0.15) is 5.56 Å². The summed E-state index contributed by atoms with van der Waals surface area (Å²) in [5.41, 5.74) is 2.44. The Balaban J connectivity index is 1.88. The number of benzene rings is 2. The first-order valence-corrected chi connectivity index (χ1v) is 6.92. The van der Waals surface area contributed by atoms with Crippen LogP contribution in [0.4, 0.5) is 5.69 Å². The summed E-state index contributed by atoms with van der Waals surface area (Å²) in [6.07, 6.45) is 1.21. The van der Waals surface area contributed by atoms with Gasteiger partial charge in [0.2, 0.25) is 0 Å². The third-order valence-corrected chi connectivity index (χ3v) is 2.94. The molecule has 0 saturated carbocycles. The van der Waals surface area contributed by atoms with Crippen molar-refractivity contribution in [1.82, 2.24) is 5.43 Å². The maximum Gasteiger partial charge on any atom is 0.278 e. The topological polar surface area (TPSA) is 103 Å². The van der Waals surface area contributed by atoms with Crippen LogP contribution in [0.25, 0.3) is 0 Å². The molecular weight excluding hydrogens is 314 g/mol. The zero-order valence-corrected chi connectivity index (χ0v) is 12.8. The maximum absolute atomic E-state index is 11.7. The Bertz CT molecular complexity index is 761. The lowest BCUT2D eigenvalue weighted by Crippen LogP contribution is -2.24. The number of rotatable bonds is 7. The van der Waals surface area contributed by atoms with E-state index in [0.717, 1.165) is 0 Å². The van der Waals surface area contributed by atoms with Crippen molar-refractivity contribution in [2.75, 3.05) is 13.7 Å². The molecule has 2 rings (SSSR count). The molecule has 0 aliphatic rings. The number of methoxy groups -OCH3 is 1. The number of nitro groups is 1. The van der Waals surface area contributed by atoms with Crippen molar-refractivity contribution in [3.63, 3.8) is 0 Å². The van der Waals surface area contributed by atoms with Crippen molar-refractivity contribution in [3.05, 3.63) is 64.2 Å². The molecule has 24 heavy (non-hydrogen) atoms. The standard InChI is InChI=1S/C16H15N3O5/c1-23-13-6-4-7-14(9-13)24-11-16(20)18-17-10-12-5-2-3-8-15(12)19(21)22/h2-10H,11H2,1H3,(H,18,20). The Hall–Kier alpha value is -3.42. The molecule has 0 heterocycles. The number of hydrogen-bond donors (Lipinski definition) is 1. The fraction of sp³-hybridized carbons (Fsp3) is 0.125. The second kappa shape index (κ2) is 8.28. The number of para-hydroxylation sites is 1. The molecule has 0 atom stereocenters. The molecule has 2 aromatic carbocycles. The fourth-order valence-corrected chi connectivity index (χ4v) is 1.81. The fourth-order valence-electron chi connectivity index (χ4n) is 1.81. The van der Waals surface area contributed by atoms with Crippen molar-refractivity contribution >= 4 is 17.8 Å². The third kappa shape index (κ3) is 4.80. The van der Waals surface area contributed by atoms with E-state index in [0.29, 0.717) is 11.5 Å². The maximum atomic E-state index is 11.7. The van der Waals surface area contributed by atoms with Crippen molar-refractivity contribution < 1.29 is 19.2 Å². The van der Waals surface area contributed by atoms with Gasteiger partial charge in [-0.3, -0.25) is 14.9 Å². The molecular formula is C16H15N3O5. The van der Waals surface area contributed by atoms with Gasteiger partial charge in [0, 0.05) is 12.1 Å². The summed E-state index contributed by atoms with van der Waals surface area (Å²) in [5.74, 6) is 0.599. The van der Waals surface area contributed by atoms with Crippen molar-refractivity contribution in [3.8, 4) is 11.5 Å². The highest BCUT2D eigenvalue weighted by molar-refractivity contribution is 5.86. The molecule has 8 heteroatoms. The van der Waals surface area contributed by atoms with Gasteiger partial charge in [0.15, 0.2) is 6.61 Å². The molecule has 0 spiro atoms. The van der Waals surface area contributed by atoms with Gasteiger partial charge in [-0.2, -0.15) is 5.10 Å². The Labute approximate surface area is 137 Å². The highest BCUT2D eigenvalue weighted by Crippen LogP contribution is 2.18. The van der Waals surface area contributed by atoms with Gasteiger partial charge < -0.3 is 9.47 Å². The number of hydrogen-bond acceptors (Lipinski definition) is 6. The minimum atomic E-state index is -0.519. The second-order valence-corrected chi connectivity index (χ2v) is 4.58. The number of carbonyl (C=O) groups is 1. The lowest BCUT2D eigenvalue weighted by atomic mass is 10.2. The molecule has 124 valence electrons. The monoisotopic (exact) mass is 329 g/mol. The number of hydrazone groups is 1. The predicted molar refractivity (Wildman–Crippen MR) is 87.3 cm³/mol. The average molecular weight is 329 g/mol. The number of carbonyl (C=O) groups excluding carboxylic acids is 1. The molecule has 0 aromatic heterocycles. The Morgan fingerprint density at radius 2 is 2.00 bits per heavy atom. The molecule has 0 aliphatic carbocycles. The molecule has 0 bridgehead atoms. The number of ether oxygens (including phenoxy) is 2. The van der Waals surface area contributed by atoms with Gasteiger partial charge in [0.1, 0.15) is 11.5 Å². The van der Waals surface area contributed by atoms with Gasteiger partial charge >= 0.3 is 0 Å². The van der Waals surface area contributed by atoms with Crippen LogP contribution in [-0.2, 0) is 4.79 Å². The summed E-state index contributed by atoms with van der Waals surface area (Å²) in [6, 6.07) is 12.9. The summed E-state index contributed by atoms with van der Waals surface area (Å²) in [7, 11) is 1.53. The number of amides is 1. The van der Waals surface area contributed by atoms with E-state index in [1.54, 1.807) is 36.4 Å². The molecule has 0 fully saturated rings. The number of nitro benzene ring substituents is 1. The van der Waals surface area contributed by atoms with Gasteiger partial charge in [-0.1, -0.05) is 18.2 Å². The first kappa shape index (κ1) is 16.9. The quantitative estimate of drug-likeness (QED) is 0.476. The van der Waals surface area contributed by atoms with Crippen LogP contribution >= 0.6 is 0 Å². The van der Waals surface area contributed by atoms with E-state index in [1.807, 2.05) is 0 Å². The Morgan fingerprint density at radius 3 is 2.75 bits per heavy atom. The van der Waals surface area contributed by atoms with Crippen LogP contribution in [-0.4, -0.2) is 30.8 Å². The summed E-state index contributed by atoms with van der Waals surface area (Å²) in [4.78, 5) is 22.0. The lowest BCUT2D eigenvalue weighted by Gasteiger charge is -2.06. The van der Waals surface area contributed by atoms with E-state index >= 15 is 0 Å². The van der Waals surface area contributed by atoms with Crippen molar-refractivity contribution in [1.29, 1.82) is 0 Å². The number of nitrogens with one attached hydrogen (secondary N) is 1. The normalized spacial score (nSPS) is 10.4. The molecule has 0 saturated heterocycles. The van der Waals surface area contributed by atoms with E-state index in [-0.39, 0.29) is 17.9 Å². The highest BCUT2D eigenvalue weighted by Gasteiger charge is 2.10. The van der Waals surface area contributed by atoms with Crippen molar-refractivity contribution in [2.45, 2.75) is 0 Å². The van der Waals surface area contributed by atoms with E-state index in [2.05, 4.69) is 10.5 Å². The minimum Gasteiger partial charge on any atom is -0.497 e. The average Bonchev–Trinajstić information content (AvgIpc) is 2.60. The van der Waals surface area contributed by atoms with Gasteiger partial charge in [0.05, 0.1) is 23.8 Å². The van der Waals surface area contributed by atoms with Gasteiger partial charge in [-0.05, 0) is 18.2 Å². The van der Waals surface area contributed by atoms with Gasteiger partial charge in [-0.25, -0.2) is 5.43 Å². The zero-order valence-electron chi connectivity index (χ0n) is 12.8. The SMILES string of the molecule is COc1cccc(OCC(=O)NN=Cc2ccccc2[N+](=O)[O-])c1. The van der Waals surface area contributed by atoms with Crippen LogP contribution in [0.2, 0.25) is 0 Å². The summed E-state index contributed by atoms with van der Waals surface area (Å²) in [5, 5.41) is 14.6. The molecule has 8 nitrogen and oxygen atoms in total. The number of nitrogens with zero attached hydrogens (tertiary/aromatic N) is 2. The van der Waals surface area contributed by atoms with Crippen LogP contribution < -0.4 is 14.9 Å². The van der Waals surface area contributed by atoms with E-state index in [9.17, 15) is 14.9 Å². The van der Waals surface area contributed by atoms with Crippen LogP contribution in [0, 0.1) is 10.1 Å². The lowest BCUT2D eigenvalue weighted by molar-refractivity contribution is -0.385. The third-order valence-electron chi connectivity index (χ3n) is 2.94. The second-order valence-electron chi connectivity index (χ2n) is 4.58. The summed E-state index contributed by atoms with van der Waals surface area (Å²) < 4.78 is 10.3. The Kier molecular flexibility index (Phi) is 5.84. The first-order chi connectivity index (χ1) is 11.6. The van der Waals surface area contributed by atoms with E-state index in [1.165, 1.54) is 25.5 Å². The van der Waals surface area contributed by atoms with Gasteiger partial charge in [0.25, 0.3) is 11.6 Å². The van der Waals surface area contributed by atoms with Crippen molar-refractivity contribution in [2.24, 2.45) is 5.10 Å². The smallest absolute Gasteiger partial charge is 0.278 e. The zero-order chi connectivity index (χ0) is 17.4. The summed E-state index contributed by atoms with van der Waals surface area (Å²) in [6.45, 7) is -0.249. The highest BCUT2D eigenvalue weighted by atomic mass is 16.6.